The van der Waals surface area contributed by atoms with E-state index < -0.39 is 35.5 Å². The lowest BCUT2D eigenvalue weighted by Gasteiger charge is -2.34. The number of nitrogens with zero attached hydrogens (tertiary/aromatic N) is 7. The molecule has 6 heterocycles. The molecule has 1 aliphatic carbocycles. The molecule has 1 atom stereocenters. The number of halogens is 1. The summed E-state index contributed by atoms with van der Waals surface area (Å²) < 4.78 is 17.5. The Morgan fingerprint density at radius 1 is 0.875 bits per heavy atom. The normalized spacial score (nSPS) is 17.8. The first kappa shape index (κ1) is 42.3. The van der Waals surface area contributed by atoms with E-state index in [-0.39, 0.29) is 53.6 Å². The lowest BCUT2D eigenvalue weighted by atomic mass is 10.0. The third kappa shape index (κ3) is 8.92. The first-order chi connectivity index (χ1) is 31.1. The summed E-state index contributed by atoms with van der Waals surface area (Å²) >= 11 is 0. The number of amides is 6. The smallest absolute Gasteiger partial charge is 0.264 e. The molecule has 64 heavy (non-hydrogen) atoms. The minimum absolute atomic E-state index is 0.0646. The Bertz CT molecular complexity index is 2620. The van der Waals surface area contributed by atoms with E-state index in [4.69, 9.17) is 4.98 Å². The zero-order chi connectivity index (χ0) is 44.3. The third-order valence-corrected chi connectivity index (χ3v) is 12.3. The molecular weight excluding hydrogens is 824 g/mol. The van der Waals surface area contributed by atoms with Gasteiger partial charge in [0.1, 0.15) is 11.9 Å². The Morgan fingerprint density at radius 3 is 2.42 bits per heavy atom. The topological polar surface area (TPSA) is 219 Å². The second-order valence-electron chi connectivity index (χ2n) is 16.7. The van der Waals surface area contributed by atoms with Crippen LogP contribution in [0.4, 0.5) is 21.6 Å². The van der Waals surface area contributed by atoms with Gasteiger partial charge in [0.25, 0.3) is 17.7 Å². The number of carbonyl (C=O) groups excluding carboxylic acids is 6. The fraction of sp³-hybridized carbons (Fsp3) is 0.400. The summed E-state index contributed by atoms with van der Waals surface area (Å²) in [4.78, 5) is 90.5. The van der Waals surface area contributed by atoms with E-state index in [2.05, 4.69) is 36.4 Å². The number of H-pyrrole nitrogens is 1. The summed E-state index contributed by atoms with van der Waals surface area (Å²) in [5, 5.41) is 18.5. The molecule has 0 bridgehead atoms. The van der Waals surface area contributed by atoms with E-state index in [1.54, 1.807) is 53.8 Å². The van der Waals surface area contributed by atoms with Gasteiger partial charge in [0, 0.05) is 80.8 Å². The largest absolute Gasteiger partial charge is 0.384 e. The van der Waals surface area contributed by atoms with Crippen LogP contribution in [0.25, 0.3) is 16.9 Å². The van der Waals surface area contributed by atoms with E-state index in [9.17, 15) is 28.8 Å². The highest BCUT2D eigenvalue weighted by Crippen LogP contribution is 2.41. The molecule has 1 saturated carbocycles. The second kappa shape index (κ2) is 18.4. The summed E-state index contributed by atoms with van der Waals surface area (Å²) in [6.45, 7) is 3.25. The Morgan fingerprint density at radius 2 is 1.67 bits per heavy atom. The highest BCUT2D eigenvalue weighted by atomic mass is 19.1. The van der Waals surface area contributed by atoms with Crippen LogP contribution in [0.2, 0.25) is 0 Å². The van der Waals surface area contributed by atoms with Crippen molar-refractivity contribution in [1.82, 2.24) is 49.9 Å². The molecule has 9 rings (SSSR count). The van der Waals surface area contributed by atoms with Crippen LogP contribution in [0.1, 0.15) is 100 Å². The molecule has 6 amide bonds. The Hall–Kier alpha value is -7.02. The molecule has 5 N–H and O–H groups in total. The standard InChI is InChI=1S/C45H49FN12O6/c46-31-21-28(11-12-32(31)52-40-41-49-24-36(29-22-50-51-23-29)57(41)25-34(53-40)27-9-10-27)43(62)56-19-17-55(18-20-56)26-38(60)48-16-5-3-1-2-4-15-47-33-8-6-7-30-39(33)45(64)58(44(30)63)35-13-14-37(59)54-42(35)61/h6-8,11-12,21-25,27,35,47H,1-5,9-10,13-20,26H2,(H,48,60)(H,50,51)(H,52,53)(H,54,59,61). The van der Waals surface area contributed by atoms with Crippen LogP contribution in [0.5, 0.6) is 0 Å². The maximum Gasteiger partial charge on any atom is 0.264 e. The number of carbonyl (C=O) groups is 6. The minimum Gasteiger partial charge on any atom is -0.384 e. The highest BCUT2D eigenvalue weighted by Gasteiger charge is 2.45. The molecule has 19 heteroatoms. The van der Waals surface area contributed by atoms with Crippen LogP contribution < -0.4 is 21.3 Å². The number of anilines is 3. The summed E-state index contributed by atoms with van der Waals surface area (Å²) in [6, 6.07) is 8.41. The molecule has 2 saturated heterocycles. The number of benzene rings is 2. The van der Waals surface area contributed by atoms with Gasteiger partial charge in [-0.15, -0.1) is 0 Å². The first-order valence-corrected chi connectivity index (χ1v) is 21.9. The lowest BCUT2D eigenvalue weighted by molar-refractivity contribution is -0.136. The fourth-order valence-electron chi connectivity index (χ4n) is 8.59. The van der Waals surface area contributed by atoms with E-state index in [1.807, 2.05) is 15.5 Å². The molecule has 332 valence electrons. The van der Waals surface area contributed by atoms with Crippen LogP contribution in [-0.4, -0.2) is 127 Å². The number of hydrogen-bond donors (Lipinski definition) is 5. The summed E-state index contributed by atoms with van der Waals surface area (Å²) in [6.07, 6.45) is 14.0. The average molecular weight is 873 g/mol. The van der Waals surface area contributed by atoms with Crippen molar-refractivity contribution < 1.29 is 33.2 Å². The number of imide groups is 2. The molecule has 4 aliphatic rings. The van der Waals surface area contributed by atoms with E-state index >= 15 is 4.39 Å². The summed E-state index contributed by atoms with van der Waals surface area (Å²) in [5.74, 6) is -2.28. The number of piperidine rings is 1. The number of nitrogens with one attached hydrogen (secondary N) is 5. The molecule has 5 aromatic rings. The molecule has 3 fully saturated rings. The molecular formula is C45H49FN12O6. The van der Waals surface area contributed by atoms with E-state index in [0.29, 0.717) is 62.3 Å². The van der Waals surface area contributed by atoms with Gasteiger partial charge < -0.3 is 20.9 Å². The van der Waals surface area contributed by atoms with Gasteiger partial charge in [-0.3, -0.25) is 53.4 Å². The van der Waals surface area contributed by atoms with Crippen molar-refractivity contribution in [2.24, 2.45) is 0 Å². The quantitative estimate of drug-likeness (QED) is 0.0656. The summed E-state index contributed by atoms with van der Waals surface area (Å²) in [5.41, 5.74) is 4.61. The third-order valence-electron chi connectivity index (χ3n) is 12.3. The zero-order valence-electron chi connectivity index (χ0n) is 35.2. The van der Waals surface area contributed by atoms with Crippen molar-refractivity contribution in [1.29, 1.82) is 0 Å². The van der Waals surface area contributed by atoms with Crippen LogP contribution in [0.3, 0.4) is 0 Å². The number of rotatable bonds is 17. The second-order valence-corrected chi connectivity index (χ2v) is 16.7. The van der Waals surface area contributed by atoms with Gasteiger partial charge in [-0.1, -0.05) is 25.3 Å². The van der Waals surface area contributed by atoms with Crippen molar-refractivity contribution in [2.75, 3.05) is 56.4 Å². The van der Waals surface area contributed by atoms with Crippen LogP contribution in [0.15, 0.2) is 61.2 Å². The number of imidazole rings is 1. The van der Waals surface area contributed by atoms with Gasteiger partial charge in [-0.25, -0.2) is 14.4 Å². The van der Waals surface area contributed by atoms with Gasteiger partial charge in [0.05, 0.1) is 47.1 Å². The van der Waals surface area contributed by atoms with Crippen LogP contribution in [0, 0.1) is 5.82 Å². The SMILES string of the molecule is O=C(CN1CCN(C(=O)c2ccc(Nc3nc(C4CC4)cn4c(-c5cn[nH]c5)cnc34)c(F)c2)CC1)NCCCCCCCNc1cccc2c1C(=O)N(C1CCC(=O)NC1=O)C2=O. The minimum atomic E-state index is -1.01. The summed E-state index contributed by atoms with van der Waals surface area (Å²) in [7, 11) is 0. The number of aromatic nitrogens is 5. The van der Waals surface area contributed by atoms with Crippen molar-refractivity contribution in [2.45, 2.75) is 69.7 Å². The van der Waals surface area contributed by atoms with Crippen molar-refractivity contribution >= 4 is 58.3 Å². The predicted molar refractivity (Wildman–Crippen MR) is 232 cm³/mol. The number of piperazine rings is 1. The van der Waals surface area contributed by atoms with E-state index in [0.717, 1.165) is 66.8 Å². The van der Waals surface area contributed by atoms with Gasteiger partial charge in [-0.05, 0) is 62.4 Å². The first-order valence-electron chi connectivity index (χ1n) is 21.9. The molecule has 1 unspecified atom stereocenters. The Kier molecular flexibility index (Phi) is 12.1. The van der Waals surface area contributed by atoms with E-state index in [1.165, 1.54) is 6.07 Å². The van der Waals surface area contributed by atoms with Gasteiger partial charge in [0.2, 0.25) is 17.7 Å². The maximum atomic E-state index is 15.6. The number of aromatic amines is 1. The molecule has 0 spiro atoms. The molecule has 0 radical (unpaired) electrons. The Labute approximate surface area is 367 Å². The van der Waals surface area contributed by atoms with Crippen LogP contribution in [-0.2, 0) is 14.4 Å². The number of fused-ring (bicyclic) bond motifs is 2. The van der Waals surface area contributed by atoms with Gasteiger partial charge >= 0.3 is 0 Å². The average Bonchev–Trinajstić information content (AvgIpc) is 3.71. The van der Waals surface area contributed by atoms with Crippen molar-refractivity contribution in [3.05, 3.63) is 89.4 Å². The predicted octanol–water partition coefficient (Wildman–Crippen LogP) is 4.22. The van der Waals surface area contributed by atoms with Gasteiger partial charge in [0.15, 0.2) is 11.5 Å². The molecule has 2 aromatic carbocycles. The number of hydrogen-bond acceptors (Lipinski definition) is 12. The molecule has 18 nitrogen and oxygen atoms in total. The maximum absolute atomic E-state index is 15.6. The molecule has 3 aromatic heterocycles. The Balaban J connectivity index is 0.668. The van der Waals surface area contributed by atoms with Crippen molar-refractivity contribution in [3.63, 3.8) is 0 Å². The zero-order valence-corrected chi connectivity index (χ0v) is 35.2. The highest BCUT2D eigenvalue weighted by molar-refractivity contribution is 6.25. The molecule has 3 aliphatic heterocycles. The fourth-order valence-corrected chi connectivity index (χ4v) is 8.59. The van der Waals surface area contributed by atoms with Crippen LogP contribution >= 0.6 is 0 Å². The van der Waals surface area contributed by atoms with Crippen molar-refractivity contribution in [3.8, 4) is 11.3 Å². The van der Waals surface area contributed by atoms with Gasteiger partial charge in [-0.2, -0.15) is 5.10 Å². The lowest BCUT2D eigenvalue weighted by Crippen LogP contribution is -2.54. The number of unbranched alkanes of at least 4 members (excludes halogenated alkanes) is 4. The monoisotopic (exact) mass is 872 g/mol.